The van der Waals surface area contributed by atoms with Crippen molar-refractivity contribution in [3.63, 3.8) is 0 Å². The third kappa shape index (κ3) is 2.57. The highest BCUT2D eigenvalue weighted by molar-refractivity contribution is 7.99. The largest absolute Gasteiger partial charge is 0.369 e. The summed E-state index contributed by atoms with van der Waals surface area (Å²) in [6.07, 6.45) is 7.92. The predicted molar refractivity (Wildman–Crippen MR) is 72.6 cm³/mol. The highest BCUT2D eigenvalue weighted by atomic mass is 32.2. The lowest BCUT2D eigenvalue weighted by molar-refractivity contribution is 0.625. The second-order valence-electron chi connectivity index (χ2n) is 4.97. The van der Waals surface area contributed by atoms with Gasteiger partial charge in [0.2, 0.25) is 0 Å². The molecule has 1 N–H and O–H groups in total. The molecule has 1 saturated heterocycles. The number of nitrogens with zero attached hydrogens (tertiary/aromatic N) is 2. The number of anilines is 1. The summed E-state index contributed by atoms with van der Waals surface area (Å²) in [5.74, 6) is 4.56. The maximum atomic E-state index is 4.42. The number of hydrogen-bond acceptors (Lipinski definition) is 4. The van der Waals surface area contributed by atoms with Crippen LogP contribution in [0.2, 0.25) is 0 Å². The van der Waals surface area contributed by atoms with Crippen molar-refractivity contribution >= 4 is 17.6 Å². The molecule has 1 aromatic rings. The van der Waals surface area contributed by atoms with Crippen molar-refractivity contribution in [1.82, 2.24) is 9.97 Å². The fourth-order valence-electron chi connectivity index (χ4n) is 2.66. The number of thioether (sulfide) groups is 1. The van der Waals surface area contributed by atoms with E-state index in [1.54, 1.807) is 6.33 Å². The van der Waals surface area contributed by atoms with E-state index < -0.39 is 0 Å². The van der Waals surface area contributed by atoms with E-state index in [0.29, 0.717) is 0 Å². The second-order valence-corrected chi connectivity index (χ2v) is 6.11. The van der Waals surface area contributed by atoms with Gasteiger partial charge >= 0.3 is 0 Å². The molecule has 0 aromatic carbocycles. The summed E-state index contributed by atoms with van der Waals surface area (Å²) in [5, 5.41) is 3.55. The van der Waals surface area contributed by atoms with Crippen LogP contribution in [0.5, 0.6) is 0 Å². The van der Waals surface area contributed by atoms with E-state index >= 15 is 0 Å². The first-order valence-corrected chi connectivity index (χ1v) is 7.73. The fourth-order valence-corrected chi connectivity index (χ4v) is 3.94. The number of nitrogens with one attached hydrogen (secondary N) is 1. The molecule has 1 aliphatic heterocycles. The topological polar surface area (TPSA) is 37.8 Å². The van der Waals surface area contributed by atoms with Crippen LogP contribution >= 0.6 is 11.8 Å². The summed E-state index contributed by atoms with van der Waals surface area (Å²) >= 11 is 2.07. The molecule has 1 aromatic heterocycles. The Hall–Kier alpha value is -0.770. The number of fused-ring (bicyclic) bond motifs is 1. The molecule has 3 nitrogen and oxygen atoms in total. The minimum atomic E-state index is 0.828. The first-order chi connectivity index (χ1) is 8.43. The van der Waals surface area contributed by atoms with Crippen LogP contribution in [0.1, 0.15) is 30.5 Å². The molecule has 17 heavy (non-hydrogen) atoms. The highest BCUT2D eigenvalue weighted by Crippen LogP contribution is 2.26. The van der Waals surface area contributed by atoms with Crippen molar-refractivity contribution in [2.45, 2.75) is 32.1 Å². The van der Waals surface area contributed by atoms with Crippen molar-refractivity contribution in [2.75, 3.05) is 23.4 Å². The molecule has 0 amide bonds. The Kier molecular flexibility index (Phi) is 3.50. The zero-order valence-electron chi connectivity index (χ0n) is 10.1. The Balaban J connectivity index is 1.69. The molecular weight excluding hydrogens is 230 g/mol. The van der Waals surface area contributed by atoms with Gasteiger partial charge in [0.15, 0.2) is 0 Å². The average Bonchev–Trinajstić information content (AvgIpc) is 2.89. The maximum absolute atomic E-state index is 4.42. The molecule has 1 atom stereocenters. The third-order valence-corrected chi connectivity index (χ3v) is 4.94. The molecule has 0 saturated carbocycles. The van der Waals surface area contributed by atoms with E-state index in [4.69, 9.17) is 0 Å². The zero-order chi connectivity index (χ0) is 11.5. The van der Waals surface area contributed by atoms with Crippen LogP contribution in [0.25, 0.3) is 0 Å². The van der Waals surface area contributed by atoms with Crippen molar-refractivity contribution in [2.24, 2.45) is 5.92 Å². The number of hydrogen-bond donors (Lipinski definition) is 1. The van der Waals surface area contributed by atoms with Crippen LogP contribution in [0.15, 0.2) is 6.33 Å². The van der Waals surface area contributed by atoms with Crippen molar-refractivity contribution in [1.29, 1.82) is 0 Å². The van der Waals surface area contributed by atoms with E-state index in [1.165, 1.54) is 42.0 Å². The molecule has 92 valence electrons. The molecule has 1 fully saturated rings. The normalized spacial score (nSPS) is 23.4. The molecule has 1 unspecified atom stereocenters. The van der Waals surface area contributed by atoms with Gasteiger partial charge in [-0.25, -0.2) is 9.97 Å². The van der Waals surface area contributed by atoms with Gasteiger partial charge in [-0.2, -0.15) is 11.8 Å². The Morgan fingerprint density at radius 2 is 2.24 bits per heavy atom. The van der Waals surface area contributed by atoms with Gasteiger partial charge in [-0.3, -0.25) is 0 Å². The summed E-state index contributed by atoms with van der Waals surface area (Å²) in [6.45, 7) is 1.08. The Labute approximate surface area is 107 Å². The van der Waals surface area contributed by atoms with Crippen LogP contribution in [0.3, 0.4) is 0 Å². The van der Waals surface area contributed by atoms with Crippen LogP contribution in [-0.2, 0) is 12.8 Å². The minimum absolute atomic E-state index is 0.828. The van der Waals surface area contributed by atoms with Crippen LogP contribution in [0.4, 0.5) is 5.82 Å². The molecule has 1 aliphatic carbocycles. The SMILES string of the molecule is c1nc2c(c(NCC3CCSC3)n1)CCCC2. The van der Waals surface area contributed by atoms with Gasteiger partial charge in [-0.15, -0.1) is 0 Å². The lowest BCUT2D eigenvalue weighted by Gasteiger charge is -2.19. The minimum Gasteiger partial charge on any atom is -0.369 e. The predicted octanol–water partition coefficient (Wildman–Crippen LogP) is 2.52. The van der Waals surface area contributed by atoms with Crippen molar-refractivity contribution in [3.8, 4) is 0 Å². The first kappa shape index (κ1) is 11.3. The summed E-state index contributed by atoms with van der Waals surface area (Å²) in [4.78, 5) is 8.83. The zero-order valence-corrected chi connectivity index (χ0v) is 10.9. The molecule has 0 spiro atoms. The Bertz CT molecular complexity index is 388. The second kappa shape index (κ2) is 5.25. The molecule has 2 heterocycles. The lowest BCUT2D eigenvalue weighted by atomic mass is 9.96. The summed E-state index contributed by atoms with van der Waals surface area (Å²) in [7, 11) is 0. The third-order valence-electron chi connectivity index (χ3n) is 3.71. The molecule has 0 radical (unpaired) electrons. The van der Waals surface area contributed by atoms with Crippen LogP contribution in [-0.4, -0.2) is 28.0 Å². The first-order valence-electron chi connectivity index (χ1n) is 6.58. The maximum Gasteiger partial charge on any atom is 0.132 e. The van der Waals surface area contributed by atoms with Crippen LogP contribution < -0.4 is 5.32 Å². The van der Waals surface area contributed by atoms with Gasteiger partial charge in [0.25, 0.3) is 0 Å². The monoisotopic (exact) mass is 249 g/mol. The van der Waals surface area contributed by atoms with Gasteiger partial charge in [-0.1, -0.05) is 0 Å². The van der Waals surface area contributed by atoms with E-state index in [2.05, 4.69) is 27.0 Å². The molecule has 0 bridgehead atoms. The van der Waals surface area contributed by atoms with E-state index in [-0.39, 0.29) is 0 Å². The average molecular weight is 249 g/mol. The molecule has 4 heteroatoms. The van der Waals surface area contributed by atoms with Crippen molar-refractivity contribution < 1.29 is 0 Å². The molecule has 3 rings (SSSR count). The van der Waals surface area contributed by atoms with Gasteiger partial charge in [0.1, 0.15) is 12.1 Å². The summed E-state index contributed by atoms with van der Waals surface area (Å²) in [5.41, 5.74) is 2.65. The van der Waals surface area contributed by atoms with Gasteiger partial charge < -0.3 is 5.32 Å². The Morgan fingerprint density at radius 3 is 3.12 bits per heavy atom. The summed E-state index contributed by atoms with van der Waals surface area (Å²) in [6, 6.07) is 0. The van der Waals surface area contributed by atoms with Crippen LogP contribution in [0, 0.1) is 5.92 Å². The lowest BCUT2D eigenvalue weighted by Crippen LogP contribution is -2.17. The van der Waals surface area contributed by atoms with E-state index in [9.17, 15) is 0 Å². The van der Waals surface area contributed by atoms with E-state index in [1.807, 2.05) is 0 Å². The fraction of sp³-hybridized carbons (Fsp3) is 0.692. The van der Waals surface area contributed by atoms with Crippen molar-refractivity contribution in [3.05, 3.63) is 17.6 Å². The van der Waals surface area contributed by atoms with Gasteiger partial charge in [0.05, 0.1) is 0 Å². The van der Waals surface area contributed by atoms with Gasteiger partial charge in [-0.05, 0) is 49.5 Å². The number of aryl methyl sites for hydroxylation is 1. The molecular formula is C13H19N3S. The number of aromatic nitrogens is 2. The standard InChI is InChI=1S/C13H19N3S/c1-2-4-12-11(3-1)13(16-9-15-12)14-7-10-5-6-17-8-10/h9-10H,1-8H2,(H,14,15,16). The number of rotatable bonds is 3. The smallest absolute Gasteiger partial charge is 0.132 e. The Morgan fingerprint density at radius 1 is 1.29 bits per heavy atom. The van der Waals surface area contributed by atoms with E-state index in [0.717, 1.165) is 31.1 Å². The molecule has 2 aliphatic rings. The quantitative estimate of drug-likeness (QED) is 0.893. The summed E-state index contributed by atoms with van der Waals surface area (Å²) < 4.78 is 0. The highest BCUT2D eigenvalue weighted by Gasteiger charge is 2.18. The van der Waals surface area contributed by atoms with Gasteiger partial charge in [0, 0.05) is 17.8 Å².